The standard InChI is InChI=1S/C42H40N4O.Pt/c1-7-28(4)33-16-19-39-38(24-33)37-18-17-36(26-40(37)45(39)41-23-31(20-21-43-41)22-27(2)3)47-35-15-11-14-34(25-35)46-30(6)42(29(5)44-46)32-12-9-8-10-13-32;/h8-21,23-24,27-28H,7,22H2,1-6H3;/q-2;+2. The van der Waals surface area contributed by atoms with Crippen LogP contribution in [0.4, 0.5) is 0 Å². The molecule has 0 fully saturated rings. The first kappa shape index (κ1) is 33.4. The van der Waals surface area contributed by atoms with Crippen molar-refractivity contribution < 1.29 is 25.8 Å². The van der Waals surface area contributed by atoms with Gasteiger partial charge in [0.2, 0.25) is 0 Å². The van der Waals surface area contributed by atoms with Crippen molar-refractivity contribution in [3.63, 3.8) is 0 Å². The summed E-state index contributed by atoms with van der Waals surface area (Å²) in [5.74, 6) is 3.14. The maximum Gasteiger partial charge on any atom is 2.00 e. The number of hydrogen-bond donors (Lipinski definition) is 0. The number of rotatable bonds is 9. The van der Waals surface area contributed by atoms with Crippen LogP contribution in [-0.4, -0.2) is 19.3 Å². The molecule has 0 saturated carbocycles. The molecule has 0 aliphatic carbocycles. The third-order valence-electron chi connectivity index (χ3n) is 9.09. The number of ether oxygens (including phenoxy) is 1. The summed E-state index contributed by atoms with van der Waals surface area (Å²) in [5, 5.41) is 7.20. The minimum absolute atomic E-state index is 0. The molecule has 0 aliphatic heterocycles. The number of hydrogen-bond acceptors (Lipinski definition) is 3. The van der Waals surface area contributed by atoms with E-state index in [2.05, 4.69) is 119 Å². The SMILES string of the molecule is CCC(C)c1ccc2c(c1)c1ccc(Oc3[c-]c(-n4nc(C)c(-c5ccccc5)c4C)ccc3)[c-]c1n2-c1cc(CC(C)C)ccn1.[Pt+2]. The average Bonchev–Trinajstić information content (AvgIpc) is 3.56. The van der Waals surface area contributed by atoms with Gasteiger partial charge < -0.3 is 9.30 Å². The van der Waals surface area contributed by atoms with Gasteiger partial charge in [-0.2, -0.15) is 17.2 Å². The van der Waals surface area contributed by atoms with Gasteiger partial charge in [-0.1, -0.05) is 75.7 Å². The molecular weight excluding hydrogens is 772 g/mol. The summed E-state index contributed by atoms with van der Waals surface area (Å²) in [6.07, 6.45) is 4.01. The second-order valence-electron chi connectivity index (χ2n) is 13.0. The maximum absolute atomic E-state index is 6.47. The van der Waals surface area contributed by atoms with E-state index in [4.69, 9.17) is 14.8 Å². The Morgan fingerprint density at radius 3 is 2.38 bits per heavy atom. The van der Waals surface area contributed by atoms with Gasteiger partial charge in [-0.3, -0.25) is 4.68 Å². The Bertz CT molecular complexity index is 2210. The van der Waals surface area contributed by atoms with Crippen LogP contribution in [0, 0.1) is 31.9 Å². The van der Waals surface area contributed by atoms with Crippen molar-refractivity contribution in [2.75, 3.05) is 0 Å². The molecule has 7 rings (SSSR count). The van der Waals surface area contributed by atoms with E-state index < -0.39 is 0 Å². The van der Waals surface area contributed by atoms with Crippen LogP contribution in [-0.2, 0) is 27.5 Å². The Hall–Kier alpha value is -4.47. The van der Waals surface area contributed by atoms with E-state index in [1.54, 1.807) is 0 Å². The predicted octanol–water partition coefficient (Wildman–Crippen LogP) is 10.8. The topological polar surface area (TPSA) is 44.9 Å². The first-order chi connectivity index (χ1) is 22.8. The number of aromatic nitrogens is 4. The molecule has 0 bridgehead atoms. The number of fused-ring (bicyclic) bond motifs is 3. The molecule has 3 aromatic heterocycles. The first-order valence-electron chi connectivity index (χ1n) is 16.6. The predicted molar refractivity (Wildman–Crippen MR) is 192 cm³/mol. The minimum Gasteiger partial charge on any atom is -0.509 e. The Labute approximate surface area is 297 Å². The summed E-state index contributed by atoms with van der Waals surface area (Å²) in [6, 6.07) is 38.7. The van der Waals surface area contributed by atoms with E-state index in [-0.39, 0.29) is 21.1 Å². The van der Waals surface area contributed by atoms with Crippen molar-refractivity contribution >= 4 is 21.8 Å². The van der Waals surface area contributed by atoms with Gasteiger partial charge >= 0.3 is 21.1 Å². The fourth-order valence-corrected chi connectivity index (χ4v) is 6.60. The first-order valence-corrected chi connectivity index (χ1v) is 16.6. The zero-order valence-electron chi connectivity index (χ0n) is 28.3. The Balaban J connectivity index is 0.00000401. The molecule has 6 heteroatoms. The van der Waals surface area contributed by atoms with E-state index in [0.717, 1.165) is 63.3 Å². The Kier molecular flexibility index (Phi) is 9.71. The number of pyridine rings is 1. The molecule has 1 unspecified atom stereocenters. The smallest absolute Gasteiger partial charge is 0.509 e. The van der Waals surface area contributed by atoms with Crippen LogP contribution in [0.3, 0.4) is 0 Å². The summed E-state index contributed by atoms with van der Waals surface area (Å²) >= 11 is 0. The van der Waals surface area contributed by atoms with Gasteiger partial charge in [-0.15, -0.1) is 35.7 Å². The van der Waals surface area contributed by atoms with Gasteiger partial charge in [0.05, 0.1) is 5.69 Å². The molecule has 1 atom stereocenters. The summed E-state index contributed by atoms with van der Waals surface area (Å²) < 4.78 is 10.6. The molecule has 0 radical (unpaired) electrons. The largest absolute Gasteiger partial charge is 2.00 e. The van der Waals surface area contributed by atoms with Crippen molar-refractivity contribution in [3.05, 3.63) is 132 Å². The molecule has 0 aliphatic rings. The van der Waals surface area contributed by atoms with Crippen LogP contribution < -0.4 is 4.74 Å². The number of benzene rings is 4. The quantitative estimate of drug-likeness (QED) is 0.136. The molecule has 0 N–H and O–H groups in total. The molecule has 244 valence electrons. The maximum atomic E-state index is 6.47. The fraction of sp³-hybridized carbons (Fsp3) is 0.238. The summed E-state index contributed by atoms with van der Waals surface area (Å²) in [6.45, 7) is 13.2. The zero-order valence-corrected chi connectivity index (χ0v) is 30.6. The van der Waals surface area contributed by atoms with Crippen molar-refractivity contribution in [1.29, 1.82) is 0 Å². The van der Waals surface area contributed by atoms with E-state index in [1.807, 2.05) is 41.2 Å². The monoisotopic (exact) mass is 811 g/mol. The van der Waals surface area contributed by atoms with E-state index in [0.29, 0.717) is 23.3 Å². The molecule has 7 aromatic rings. The third kappa shape index (κ3) is 6.36. The van der Waals surface area contributed by atoms with Crippen molar-refractivity contribution in [2.45, 2.75) is 60.3 Å². The normalized spacial score (nSPS) is 12.1. The van der Waals surface area contributed by atoms with Gasteiger partial charge in [0.1, 0.15) is 5.82 Å². The number of nitrogens with zero attached hydrogens (tertiary/aromatic N) is 4. The number of aryl methyl sites for hydroxylation is 1. The summed E-state index contributed by atoms with van der Waals surface area (Å²) in [5.41, 5.74) is 9.81. The van der Waals surface area contributed by atoms with Gasteiger partial charge in [-0.05, 0) is 84.5 Å². The van der Waals surface area contributed by atoms with E-state index in [1.165, 1.54) is 16.5 Å². The van der Waals surface area contributed by atoms with Gasteiger partial charge in [-0.25, -0.2) is 4.98 Å². The zero-order chi connectivity index (χ0) is 32.7. The molecule has 48 heavy (non-hydrogen) atoms. The second kappa shape index (κ2) is 13.9. The average molecular weight is 812 g/mol. The molecule has 0 saturated heterocycles. The fourth-order valence-electron chi connectivity index (χ4n) is 6.60. The Morgan fingerprint density at radius 2 is 1.60 bits per heavy atom. The molecule has 0 spiro atoms. The minimum atomic E-state index is 0. The van der Waals surface area contributed by atoms with Crippen LogP contribution in [0.1, 0.15) is 62.5 Å². The van der Waals surface area contributed by atoms with Gasteiger partial charge in [0.15, 0.2) is 0 Å². The Morgan fingerprint density at radius 1 is 0.812 bits per heavy atom. The van der Waals surface area contributed by atoms with E-state index >= 15 is 0 Å². The van der Waals surface area contributed by atoms with Gasteiger partial charge in [0, 0.05) is 34.5 Å². The third-order valence-corrected chi connectivity index (χ3v) is 9.09. The van der Waals surface area contributed by atoms with Crippen LogP contribution in [0.25, 0.3) is 44.4 Å². The summed E-state index contributed by atoms with van der Waals surface area (Å²) in [7, 11) is 0. The van der Waals surface area contributed by atoms with E-state index in [9.17, 15) is 0 Å². The van der Waals surface area contributed by atoms with Crippen molar-refractivity contribution in [2.24, 2.45) is 5.92 Å². The van der Waals surface area contributed by atoms with Crippen LogP contribution >= 0.6 is 0 Å². The molecule has 5 nitrogen and oxygen atoms in total. The second-order valence-corrected chi connectivity index (χ2v) is 13.0. The van der Waals surface area contributed by atoms with Crippen LogP contribution in [0.2, 0.25) is 0 Å². The molecule has 3 heterocycles. The molecular formula is C42H40N4OPt. The van der Waals surface area contributed by atoms with Crippen molar-refractivity contribution in [3.8, 4) is 34.1 Å². The van der Waals surface area contributed by atoms with Gasteiger partial charge in [0.25, 0.3) is 0 Å². The van der Waals surface area contributed by atoms with Crippen molar-refractivity contribution in [1.82, 2.24) is 19.3 Å². The van der Waals surface area contributed by atoms with Crippen LogP contribution in [0.5, 0.6) is 11.5 Å². The molecule has 4 aromatic carbocycles. The van der Waals surface area contributed by atoms with Crippen LogP contribution in [0.15, 0.2) is 97.2 Å². The molecule has 0 amide bonds. The summed E-state index contributed by atoms with van der Waals surface area (Å²) in [4.78, 5) is 4.85.